The molecule has 0 aromatic heterocycles. The highest BCUT2D eigenvalue weighted by Gasteiger charge is 2.09. The summed E-state index contributed by atoms with van der Waals surface area (Å²) in [4.78, 5) is 11.9. The van der Waals surface area contributed by atoms with Crippen LogP contribution in [-0.2, 0) is 11.3 Å². The monoisotopic (exact) mass is 333 g/mol. The average molecular weight is 334 g/mol. The van der Waals surface area contributed by atoms with Crippen molar-refractivity contribution in [3.8, 4) is 0 Å². The van der Waals surface area contributed by atoms with E-state index in [0.717, 1.165) is 10.0 Å². The Labute approximate surface area is 126 Å². The van der Waals surface area contributed by atoms with E-state index < -0.39 is 0 Å². The molecule has 2 aromatic carbocycles. The number of nitrogens with two attached hydrogens (primary N) is 1. The SMILES string of the molecule is Cc1ccc(COC(=O)c2ccc(Br)c(N)c2)cc1C. The smallest absolute Gasteiger partial charge is 0.338 e. The standard InChI is InChI=1S/C16H16BrNO2/c1-10-3-4-12(7-11(10)2)9-20-16(19)13-5-6-14(17)15(18)8-13/h3-8H,9,18H2,1-2H3. The first-order chi connectivity index (χ1) is 9.47. The zero-order valence-electron chi connectivity index (χ0n) is 11.4. The van der Waals surface area contributed by atoms with Gasteiger partial charge in [0.25, 0.3) is 0 Å². The van der Waals surface area contributed by atoms with Crippen molar-refractivity contribution in [3.63, 3.8) is 0 Å². The van der Waals surface area contributed by atoms with Crippen LogP contribution in [0.25, 0.3) is 0 Å². The van der Waals surface area contributed by atoms with E-state index in [0.29, 0.717) is 11.3 Å². The number of nitrogen functional groups attached to an aromatic ring is 1. The van der Waals surface area contributed by atoms with E-state index in [2.05, 4.69) is 22.9 Å². The number of carbonyl (C=O) groups excluding carboxylic acids is 1. The number of rotatable bonds is 3. The van der Waals surface area contributed by atoms with Crippen molar-refractivity contribution in [2.24, 2.45) is 0 Å². The topological polar surface area (TPSA) is 52.3 Å². The van der Waals surface area contributed by atoms with Crippen LogP contribution in [0.2, 0.25) is 0 Å². The Hall–Kier alpha value is -1.81. The summed E-state index contributed by atoms with van der Waals surface area (Å²) >= 11 is 3.29. The number of aryl methyl sites for hydroxylation is 2. The first-order valence-electron chi connectivity index (χ1n) is 6.25. The number of carbonyl (C=O) groups is 1. The third kappa shape index (κ3) is 3.39. The van der Waals surface area contributed by atoms with Gasteiger partial charge in [0, 0.05) is 10.2 Å². The van der Waals surface area contributed by atoms with Crippen molar-refractivity contribution in [1.29, 1.82) is 0 Å². The van der Waals surface area contributed by atoms with E-state index in [-0.39, 0.29) is 12.6 Å². The number of anilines is 1. The van der Waals surface area contributed by atoms with Gasteiger partial charge in [0.15, 0.2) is 0 Å². The molecule has 2 N–H and O–H groups in total. The van der Waals surface area contributed by atoms with Crippen LogP contribution in [-0.4, -0.2) is 5.97 Å². The van der Waals surface area contributed by atoms with Gasteiger partial charge in [0.2, 0.25) is 0 Å². The second-order valence-electron chi connectivity index (χ2n) is 4.73. The number of benzene rings is 2. The van der Waals surface area contributed by atoms with Crippen LogP contribution < -0.4 is 5.73 Å². The van der Waals surface area contributed by atoms with Gasteiger partial charge in [-0.25, -0.2) is 4.79 Å². The number of halogens is 1. The lowest BCUT2D eigenvalue weighted by Crippen LogP contribution is -2.06. The second-order valence-corrected chi connectivity index (χ2v) is 5.59. The van der Waals surface area contributed by atoms with Crippen LogP contribution in [0.15, 0.2) is 40.9 Å². The Kier molecular flexibility index (Phi) is 4.45. The Morgan fingerprint density at radius 3 is 2.55 bits per heavy atom. The Morgan fingerprint density at radius 2 is 1.90 bits per heavy atom. The molecule has 0 amide bonds. The van der Waals surface area contributed by atoms with Gasteiger partial charge in [0.05, 0.1) is 5.56 Å². The molecule has 0 spiro atoms. The Balaban J connectivity index is 2.04. The molecule has 3 nitrogen and oxygen atoms in total. The van der Waals surface area contributed by atoms with Crippen LogP contribution in [0.5, 0.6) is 0 Å². The number of ether oxygens (including phenoxy) is 1. The quantitative estimate of drug-likeness (QED) is 0.682. The summed E-state index contributed by atoms with van der Waals surface area (Å²) in [6, 6.07) is 11.0. The molecule has 0 bridgehead atoms. The Morgan fingerprint density at radius 1 is 1.15 bits per heavy atom. The molecule has 0 heterocycles. The minimum Gasteiger partial charge on any atom is -0.457 e. The zero-order chi connectivity index (χ0) is 14.7. The minimum absolute atomic E-state index is 0.260. The van der Waals surface area contributed by atoms with Gasteiger partial charge in [-0.05, 0) is 64.7 Å². The van der Waals surface area contributed by atoms with Crippen molar-refractivity contribution < 1.29 is 9.53 Å². The predicted molar refractivity (Wildman–Crippen MR) is 83.6 cm³/mol. The summed E-state index contributed by atoms with van der Waals surface area (Å²) in [6.45, 7) is 4.35. The van der Waals surface area contributed by atoms with Gasteiger partial charge in [-0.2, -0.15) is 0 Å². The van der Waals surface area contributed by atoms with Crippen LogP contribution >= 0.6 is 15.9 Å². The van der Waals surface area contributed by atoms with Gasteiger partial charge >= 0.3 is 5.97 Å². The normalized spacial score (nSPS) is 10.3. The third-order valence-corrected chi connectivity index (χ3v) is 3.90. The van der Waals surface area contributed by atoms with E-state index in [9.17, 15) is 4.79 Å². The lowest BCUT2D eigenvalue weighted by molar-refractivity contribution is 0.0472. The maximum absolute atomic E-state index is 11.9. The molecule has 0 saturated carbocycles. The fourth-order valence-corrected chi connectivity index (χ4v) is 2.04. The second kappa shape index (κ2) is 6.09. The first-order valence-corrected chi connectivity index (χ1v) is 7.05. The molecule has 0 aliphatic rings. The fourth-order valence-electron chi connectivity index (χ4n) is 1.80. The van der Waals surface area contributed by atoms with Gasteiger partial charge in [-0.3, -0.25) is 0 Å². The van der Waals surface area contributed by atoms with Crippen molar-refractivity contribution >= 4 is 27.6 Å². The van der Waals surface area contributed by atoms with E-state index in [1.165, 1.54) is 11.1 Å². The van der Waals surface area contributed by atoms with Crippen LogP contribution in [0.4, 0.5) is 5.69 Å². The molecular weight excluding hydrogens is 318 g/mol. The molecule has 0 saturated heterocycles. The van der Waals surface area contributed by atoms with Crippen molar-refractivity contribution in [2.45, 2.75) is 20.5 Å². The molecule has 0 aliphatic heterocycles. The average Bonchev–Trinajstić information content (AvgIpc) is 2.43. The summed E-state index contributed by atoms with van der Waals surface area (Å²) in [5.74, 6) is -0.373. The first kappa shape index (κ1) is 14.6. The fraction of sp³-hybridized carbons (Fsp3) is 0.188. The molecule has 0 fully saturated rings. The highest BCUT2D eigenvalue weighted by molar-refractivity contribution is 9.10. The summed E-state index contributed by atoms with van der Waals surface area (Å²) in [7, 11) is 0. The van der Waals surface area contributed by atoms with Crippen molar-refractivity contribution in [3.05, 3.63) is 63.1 Å². The Bertz CT molecular complexity index is 653. The van der Waals surface area contributed by atoms with E-state index in [1.54, 1.807) is 18.2 Å². The third-order valence-electron chi connectivity index (χ3n) is 3.17. The van der Waals surface area contributed by atoms with E-state index >= 15 is 0 Å². The summed E-state index contributed by atoms with van der Waals surface area (Å²) in [6.07, 6.45) is 0. The summed E-state index contributed by atoms with van der Waals surface area (Å²) in [5.41, 5.74) is 10.1. The highest BCUT2D eigenvalue weighted by atomic mass is 79.9. The molecule has 2 rings (SSSR count). The number of hydrogen-bond acceptors (Lipinski definition) is 3. The van der Waals surface area contributed by atoms with Crippen LogP contribution in [0.1, 0.15) is 27.0 Å². The maximum atomic E-state index is 11.9. The number of esters is 1. The molecule has 2 aromatic rings. The van der Waals surface area contributed by atoms with Crippen LogP contribution in [0.3, 0.4) is 0 Å². The lowest BCUT2D eigenvalue weighted by Gasteiger charge is -2.08. The molecular formula is C16H16BrNO2. The predicted octanol–water partition coefficient (Wildman–Crippen LogP) is 4.01. The lowest BCUT2D eigenvalue weighted by atomic mass is 10.1. The summed E-state index contributed by atoms with van der Waals surface area (Å²) < 4.78 is 6.06. The molecule has 0 atom stereocenters. The summed E-state index contributed by atoms with van der Waals surface area (Å²) in [5, 5.41) is 0. The molecule has 0 unspecified atom stereocenters. The van der Waals surface area contributed by atoms with Gasteiger partial charge < -0.3 is 10.5 Å². The van der Waals surface area contributed by atoms with Crippen molar-refractivity contribution in [1.82, 2.24) is 0 Å². The molecule has 4 heteroatoms. The van der Waals surface area contributed by atoms with E-state index in [1.807, 2.05) is 25.1 Å². The number of hydrogen-bond donors (Lipinski definition) is 1. The molecule has 20 heavy (non-hydrogen) atoms. The van der Waals surface area contributed by atoms with Crippen molar-refractivity contribution in [2.75, 3.05) is 5.73 Å². The zero-order valence-corrected chi connectivity index (χ0v) is 13.0. The van der Waals surface area contributed by atoms with Gasteiger partial charge in [-0.15, -0.1) is 0 Å². The van der Waals surface area contributed by atoms with Gasteiger partial charge in [0.1, 0.15) is 6.61 Å². The molecule has 104 valence electrons. The molecule has 0 radical (unpaired) electrons. The molecule has 0 aliphatic carbocycles. The minimum atomic E-state index is -0.373. The van der Waals surface area contributed by atoms with Gasteiger partial charge in [-0.1, -0.05) is 18.2 Å². The highest BCUT2D eigenvalue weighted by Crippen LogP contribution is 2.21. The largest absolute Gasteiger partial charge is 0.457 e. The van der Waals surface area contributed by atoms with E-state index in [4.69, 9.17) is 10.5 Å². The van der Waals surface area contributed by atoms with Crippen LogP contribution in [0, 0.1) is 13.8 Å². The maximum Gasteiger partial charge on any atom is 0.338 e.